The summed E-state index contributed by atoms with van der Waals surface area (Å²) in [4.78, 5) is 4.42. The lowest BCUT2D eigenvalue weighted by Crippen LogP contribution is -2.45. The first kappa shape index (κ1) is 15.3. The Hall–Kier alpha value is -0.730. The van der Waals surface area contributed by atoms with Crippen LogP contribution in [-0.4, -0.2) is 18.0 Å². The van der Waals surface area contributed by atoms with Gasteiger partial charge in [-0.2, -0.15) is 0 Å². The van der Waals surface area contributed by atoms with E-state index in [0.29, 0.717) is 11.9 Å². The fourth-order valence-corrected chi connectivity index (χ4v) is 1.89. The highest BCUT2D eigenvalue weighted by Crippen LogP contribution is 2.25. The number of aliphatic imine (C=N–C) groups is 1. The molecule has 96 valence electrons. The molecule has 0 saturated carbocycles. The predicted molar refractivity (Wildman–Crippen MR) is 72.6 cm³/mol. The van der Waals surface area contributed by atoms with E-state index in [2.05, 4.69) is 58.8 Å². The Bertz CT molecular complexity index is 234. The maximum atomic E-state index is 5.84. The molecule has 0 aliphatic rings. The van der Waals surface area contributed by atoms with Gasteiger partial charge < -0.3 is 11.1 Å². The van der Waals surface area contributed by atoms with Gasteiger partial charge in [0.15, 0.2) is 5.96 Å². The van der Waals surface area contributed by atoms with Crippen LogP contribution in [0.2, 0.25) is 0 Å². The molecule has 0 spiro atoms. The molecule has 3 N–H and O–H groups in total. The second-order valence-corrected chi connectivity index (χ2v) is 6.84. The molecule has 0 radical (unpaired) electrons. The molecule has 0 aromatic carbocycles. The van der Waals surface area contributed by atoms with Gasteiger partial charge in [0.25, 0.3) is 0 Å². The van der Waals surface area contributed by atoms with Crippen LogP contribution in [0.4, 0.5) is 0 Å². The lowest BCUT2D eigenvalue weighted by atomic mass is 9.84. The second-order valence-electron chi connectivity index (χ2n) is 6.84. The summed E-state index contributed by atoms with van der Waals surface area (Å²) in [6, 6.07) is 0. The van der Waals surface area contributed by atoms with Crippen LogP contribution in [0.1, 0.15) is 54.9 Å². The predicted octanol–water partition coefficient (Wildman–Crippen LogP) is 2.76. The topological polar surface area (TPSA) is 50.4 Å². The number of hydrogen-bond donors (Lipinski definition) is 2. The van der Waals surface area contributed by atoms with Gasteiger partial charge >= 0.3 is 0 Å². The zero-order valence-corrected chi connectivity index (χ0v) is 12.0. The molecule has 0 aliphatic heterocycles. The summed E-state index contributed by atoms with van der Waals surface area (Å²) >= 11 is 0. The Morgan fingerprint density at radius 1 is 1.19 bits per heavy atom. The van der Waals surface area contributed by atoms with Crippen LogP contribution >= 0.6 is 0 Å². The van der Waals surface area contributed by atoms with Gasteiger partial charge in [-0.25, -0.2) is 0 Å². The smallest absolute Gasteiger partial charge is 0.189 e. The first-order valence-electron chi connectivity index (χ1n) is 6.10. The lowest BCUT2D eigenvalue weighted by molar-refractivity contribution is 0.298. The van der Waals surface area contributed by atoms with Crippen molar-refractivity contribution in [3.05, 3.63) is 0 Å². The fraction of sp³-hybridized carbons (Fsp3) is 0.923. The number of hydrogen-bond acceptors (Lipinski definition) is 1. The quantitative estimate of drug-likeness (QED) is 0.573. The van der Waals surface area contributed by atoms with Crippen LogP contribution in [0.3, 0.4) is 0 Å². The highest BCUT2D eigenvalue weighted by molar-refractivity contribution is 5.78. The molecule has 3 heteroatoms. The maximum absolute atomic E-state index is 5.84. The number of nitrogens with one attached hydrogen (secondary N) is 1. The highest BCUT2D eigenvalue weighted by atomic mass is 15.1. The van der Waals surface area contributed by atoms with E-state index in [1.165, 1.54) is 6.42 Å². The normalized spacial score (nSPS) is 14.4. The molecule has 0 amide bonds. The van der Waals surface area contributed by atoms with Crippen molar-refractivity contribution >= 4 is 5.96 Å². The van der Waals surface area contributed by atoms with Gasteiger partial charge in [0.2, 0.25) is 0 Å². The van der Waals surface area contributed by atoms with E-state index < -0.39 is 0 Å². The van der Waals surface area contributed by atoms with E-state index >= 15 is 0 Å². The molecule has 0 aromatic heterocycles. The standard InChI is InChI=1S/C13H29N3/c1-10(2)8-13(6,7)9-15-11(14)16-12(3,4)5/h10H,8-9H2,1-7H3,(H3,14,15,16). The average Bonchev–Trinajstić information content (AvgIpc) is 1.95. The summed E-state index contributed by atoms with van der Waals surface area (Å²) in [7, 11) is 0. The maximum Gasteiger partial charge on any atom is 0.189 e. The molecule has 3 nitrogen and oxygen atoms in total. The molecule has 0 fully saturated rings. The summed E-state index contributed by atoms with van der Waals surface area (Å²) in [5, 5.41) is 3.17. The minimum absolute atomic E-state index is 0.0181. The summed E-state index contributed by atoms with van der Waals surface area (Å²) in [6.07, 6.45) is 1.17. The van der Waals surface area contributed by atoms with Crippen molar-refractivity contribution in [2.75, 3.05) is 6.54 Å². The third kappa shape index (κ3) is 8.57. The van der Waals surface area contributed by atoms with Crippen molar-refractivity contribution in [3.63, 3.8) is 0 Å². The van der Waals surface area contributed by atoms with E-state index in [1.807, 2.05) is 0 Å². The molecule has 0 saturated heterocycles. The Morgan fingerprint density at radius 2 is 1.69 bits per heavy atom. The third-order valence-corrected chi connectivity index (χ3v) is 2.14. The molecule has 0 unspecified atom stereocenters. The monoisotopic (exact) mass is 227 g/mol. The molecule has 0 heterocycles. The van der Waals surface area contributed by atoms with E-state index in [9.17, 15) is 0 Å². The van der Waals surface area contributed by atoms with Gasteiger partial charge in [-0.15, -0.1) is 0 Å². The second kappa shape index (κ2) is 5.55. The number of nitrogens with zero attached hydrogens (tertiary/aromatic N) is 1. The van der Waals surface area contributed by atoms with E-state index in [4.69, 9.17) is 5.73 Å². The van der Waals surface area contributed by atoms with Crippen LogP contribution in [0, 0.1) is 11.3 Å². The Labute approximate surface area is 101 Å². The molecule has 0 aliphatic carbocycles. The van der Waals surface area contributed by atoms with Crippen LogP contribution in [0.5, 0.6) is 0 Å². The highest BCUT2D eigenvalue weighted by Gasteiger charge is 2.19. The zero-order chi connectivity index (χ0) is 13.0. The number of rotatable bonds is 4. The van der Waals surface area contributed by atoms with Crippen molar-refractivity contribution in [3.8, 4) is 0 Å². The molecular formula is C13H29N3. The molecule has 16 heavy (non-hydrogen) atoms. The Kier molecular flexibility index (Phi) is 5.30. The van der Waals surface area contributed by atoms with Crippen molar-refractivity contribution in [1.29, 1.82) is 0 Å². The molecule has 0 atom stereocenters. The largest absolute Gasteiger partial charge is 0.370 e. The van der Waals surface area contributed by atoms with E-state index in [0.717, 1.165) is 6.54 Å². The molecule has 0 aromatic rings. The van der Waals surface area contributed by atoms with E-state index in [-0.39, 0.29) is 11.0 Å². The first-order chi connectivity index (χ1) is 7.02. The summed E-state index contributed by atoms with van der Waals surface area (Å²) in [5.41, 5.74) is 6.04. The molecular weight excluding hydrogens is 198 g/mol. The minimum atomic E-state index is -0.0181. The van der Waals surface area contributed by atoms with Crippen LogP contribution in [0.15, 0.2) is 4.99 Å². The van der Waals surface area contributed by atoms with Crippen molar-refractivity contribution in [2.45, 2.75) is 60.4 Å². The van der Waals surface area contributed by atoms with Crippen molar-refractivity contribution < 1.29 is 0 Å². The number of guanidine groups is 1. The SMILES string of the molecule is CC(C)CC(C)(C)CN=C(N)NC(C)(C)C. The summed E-state index contributed by atoms with van der Waals surface area (Å²) in [6.45, 7) is 16.0. The van der Waals surface area contributed by atoms with Crippen LogP contribution < -0.4 is 11.1 Å². The van der Waals surface area contributed by atoms with Crippen molar-refractivity contribution in [1.82, 2.24) is 5.32 Å². The van der Waals surface area contributed by atoms with Crippen molar-refractivity contribution in [2.24, 2.45) is 22.1 Å². The minimum Gasteiger partial charge on any atom is -0.370 e. The fourth-order valence-electron chi connectivity index (χ4n) is 1.89. The summed E-state index contributed by atoms with van der Waals surface area (Å²) in [5.74, 6) is 1.24. The van der Waals surface area contributed by atoms with Gasteiger partial charge in [0.05, 0.1) is 0 Å². The van der Waals surface area contributed by atoms with Gasteiger partial charge in [-0.05, 0) is 38.5 Å². The lowest BCUT2D eigenvalue weighted by Gasteiger charge is -2.26. The van der Waals surface area contributed by atoms with Crippen LogP contribution in [0.25, 0.3) is 0 Å². The number of nitrogens with two attached hydrogens (primary N) is 1. The molecule has 0 rings (SSSR count). The Balaban J connectivity index is 4.25. The van der Waals surface area contributed by atoms with Gasteiger partial charge in [-0.1, -0.05) is 27.7 Å². The van der Waals surface area contributed by atoms with Gasteiger partial charge in [-0.3, -0.25) is 4.99 Å². The van der Waals surface area contributed by atoms with Gasteiger partial charge in [0, 0.05) is 12.1 Å². The first-order valence-corrected chi connectivity index (χ1v) is 6.10. The molecule has 0 bridgehead atoms. The van der Waals surface area contributed by atoms with E-state index in [1.54, 1.807) is 0 Å². The average molecular weight is 227 g/mol. The van der Waals surface area contributed by atoms with Crippen LogP contribution in [-0.2, 0) is 0 Å². The Morgan fingerprint density at radius 3 is 2.06 bits per heavy atom. The zero-order valence-electron chi connectivity index (χ0n) is 12.0. The third-order valence-electron chi connectivity index (χ3n) is 2.14. The van der Waals surface area contributed by atoms with Gasteiger partial charge in [0.1, 0.15) is 0 Å². The summed E-state index contributed by atoms with van der Waals surface area (Å²) < 4.78 is 0.